The first-order chi connectivity index (χ1) is 12.4. The minimum Gasteiger partial charge on any atom is -0.464 e. The van der Waals surface area contributed by atoms with Crippen LogP contribution in [0.3, 0.4) is 0 Å². The fraction of sp³-hybridized carbons (Fsp3) is 0.130. The second-order valence-electron chi connectivity index (χ2n) is 6.57. The van der Waals surface area contributed by atoms with Gasteiger partial charge in [-0.1, -0.05) is 42.5 Å². The molecule has 1 aliphatic carbocycles. The molecule has 3 aromatic rings. The highest BCUT2D eigenvalue weighted by Crippen LogP contribution is 2.45. The summed E-state index contributed by atoms with van der Waals surface area (Å²) < 4.78 is 5.91. The van der Waals surface area contributed by atoms with Crippen LogP contribution < -0.4 is 0 Å². The van der Waals surface area contributed by atoms with E-state index >= 15 is 0 Å². The SMILES string of the molecule is OCCCc1c2c3ccccc3occ-2c2cc3ccccc3cc12. The van der Waals surface area contributed by atoms with Crippen molar-refractivity contribution in [1.29, 1.82) is 0 Å². The Balaban J connectivity index is 1.96. The molecule has 0 amide bonds. The van der Waals surface area contributed by atoms with Crippen molar-refractivity contribution >= 4 is 32.5 Å². The molecule has 0 saturated carbocycles. The molecule has 122 valence electrons. The van der Waals surface area contributed by atoms with Gasteiger partial charge >= 0.3 is 0 Å². The van der Waals surface area contributed by atoms with Crippen LogP contribution in [0.5, 0.6) is 0 Å². The highest BCUT2D eigenvalue weighted by atomic mass is 16.3. The van der Waals surface area contributed by atoms with Gasteiger partial charge in [0.2, 0.25) is 0 Å². The molecule has 0 atom stereocenters. The normalized spacial score (nSPS) is 11.9. The van der Waals surface area contributed by atoms with Gasteiger partial charge in [-0.15, -0.1) is 0 Å². The van der Waals surface area contributed by atoms with Gasteiger partial charge < -0.3 is 9.52 Å². The maximum atomic E-state index is 9.38. The minimum atomic E-state index is 0.205. The minimum absolute atomic E-state index is 0.205. The van der Waals surface area contributed by atoms with Crippen molar-refractivity contribution in [2.75, 3.05) is 6.61 Å². The topological polar surface area (TPSA) is 33.4 Å². The van der Waals surface area contributed by atoms with Gasteiger partial charge in [0.1, 0.15) is 5.58 Å². The number of fused-ring (bicyclic) bond motifs is 6. The summed E-state index contributed by atoms with van der Waals surface area (Å²) >= 11 is 0. The number of benzene rings is 3. The van der Waals surface area contributed by atoms with Crippen molar-refractivity contribution in [2.45, 2.75) is 12.8 Å². The van der Waals surface area contributed by atoms with E-state index in [1.807, 2.05) is 18.4 Å². The van der Waals surface area contributed by atoms with Crippen LogP contribution in [0.25, 0.3) is 43.6 Å². The summed E-state index contributed by atoms with van der Waals surface area (Å²) in [5.41, 5.74) is 4.64. The quantitative estimate of drug-likeness (QED) is 0.456. The lowest BCUT2D eigenvalue weighted by atomic mass is 9.99. The van der Waals surface area contributed by atoms with Gasteiger partial charge in [-0.05, 0) is 58.1 Å². The molecule has 0 spiro atoms. The Kier molecular flexibility index (Phi) is 3.25. The van der Waals surface area contributed by atoms with Crippen LogP contribution in [0.4, 0.5) is 0 Å². The van der Waals surface area contributed by atoms with E-state index in [2.05, 4.69) is 48.5 Å². The molecule has 0 aromatic heterocycles. The summed E-state index contributed by atoms with van der Waals surface area (Å²) in [7, 11) is 0. The molecule has 1 aliphatic heterocycles. The summed E-state index contributed by atoms with van der Waals surface area (Å²) in [6.07, 6.45) is 3.52. The van der Waals surface area contributed by atoms with Gasteiger partial charge in [0.05, 0.1) is 6.26 Å². The van der Waals surface area contributed by atoms with E-state index < -0.39 is 0 Å². The van der Waals surface area contributed by atoms with E-state index in [9.17, 15) is 5.11 Å². The summed E-state index contributed by atoms with van der Waals surface area (Å²) in [5.74, 6) is 0. The molecule has 2 heteroatoms. The van der Waals surface area contributed by atoms with Crippen LogP contribution in [0.15, 0.2) is 71.3 Å². The summed E-state index contributed by atoms with van der Waals surface area (Å²) in [6.45, 7) is 0.205. The van der Waals surface area contributed by atoms with Gasteiger partial charge in [-0.3, -0.25) is 0 Å². The third-order valence-electron chi connectivity index (χ3n) is 5.12. The lowest BCUT2D eigenvalue weighted by Gasteiger charge is -2.08. The smallest absolute Gasteiger partial charge is 0.134 e. The number of aryl methyl sites for hydroxylation is 1. The average molecular weight is 326 g/mol. The molecular weight excluding hydrogens is 308 g/mol. The molecule has 0 fully saturated rings. The molecule has 5 rings (SSSR count). The highest BCUT2D eigenvalue weighted by Gasteiger charge is 2.21. The molecule has 2 nitrogen and oxygen atoms in total. The van der Waals surface area contributed by atoms with E-state index in [-0.39, 0.29) is 6.61 Å². The Labute approximate surface area is 145 Å². The second kappa shape index (κ2) is 5.61. The molecule has 0 radical (unpaired) electrons. The lowest BCUT2D eigenvalue weighted by molar-refractivity contribution is 0.289. The van der Waals surface area contributed by atoms with E-state index in [1.165, 1.54) is 32.7 Å². The highest BCUT2D eigenvalue weighted by molar-refractivity contribution is 6.16. The second-order valence-corrected chi connectivity index (χ2v) is 6.57. The Morgan fingerprint density at radius 1 is 0.800 bits per heavy atom. The van der Waals surface area contributed by atoms with Crippen molar-refractivity contribution in [3.05, 3.63) is 72.5 Å². The van der Waals surface area contributed by atoms with E-state index in [0.717, 1.165) is 29.4 Å². The maximum absolute atomic E-state index is 9.38. The molecule has 1 heterocycles. The first-order valence-corrected chi connectivity index (χ1v) is 8.71. The van der Waals surface area contributed by atoms with Gasteiger partial charge in [-0.25, -0.2) is 0 Å². The Hall–Kier alpha value is -2.84. The lowest BCUT2D eigenvalue weighted by Crippen LogP contribution is -1.91. The zero-order chi connectivity index (χ0) is 16.8. The molecule has 0 saturated heterocycles. The van der Waals surface area contributed by atoms with Gasteiger partial charge in [0.15, 0.2) is 0 Å². The van der Waals surface area contributed by atoms with Crippen molar-refractivity contribution in [1.82, 2.24) is 0 Å². The van der Waals surface area contributed by atoms with Crippen LogP contribution in [-0.2, 0) is 6.42 Å². The van der Waals surface area contributed by atoms with Gasteiger partial charge in [0, 0.05) is 23.1 Å². The third-order valence-corrected chi connectivity index (χ3v) is 5.12. The van der Waals surface area contributed by atoms with Crippen LogP contribution in [0.2, 0.25) is 0 Å². The zero-order valence-corrected chi connectivity index (χ0v) is 13.8. The monoisotopic (exact) mass is 326 g/mol. The Morgan fingerprint density at radius 2 is 1.52 bits per heavy atom. The van der Waals surface area contributed by atoms with Crippen molar-refractivity contribution in [3.63, 3.8) is 0 Å². The van der Waals surface area contributed by atoms with E-state index in [4.69, 9.17) is 4.42 Å². The van der Waals surface area contributed by atoms with Crippen molar-refractivity contribution < 1.29 is 9.52 Å². The first kappa shape index (κ1) is 14.5. The average Bonchev–Trinajstić information content (AvgIpc) is 2.97. The molecule has 3 aromatic carbocycles. The van der Waals surface area contributed by atoms with Crippen LogP contribution in [0.1, 0.15) is 12.0 Å². The van der Waals surface area contributed by atoms with Crippen LogP contribution in [-0.4, -0.2) is 11.7 Å². The number of hydrogen-bond donors (Lipinski definition) is 1. The predicted molar refractivity (Wildman–Crippen MR) is 103 cm³/mol. The Morgan fingerprint density at radius 3 is 2.32 bits per heavy atom. The molecule has 0 unspecified atom stereocenters. The standard InChI is InChI=1S/C23H18O2/c24-11-5-9-17-19-12-15-6-1-2-7-16(15)13-20(19)21-14-25-22-10-4-3-8-18(22)23(17)21/h1-4,6-8,10,12-14,24H,5,9,11H2. The number of hydrogen-bond acceptors (Lipinski definition) is 2. The number of aliphatic hydroxyl groups is 1. The predicted octanol–water partition coefficient (Wildman–Crippen LogP) is 5.77. The molecular formula is C23H18O2. The fourth-order valence-corrected chi connectivity index (χ4v) is 3.99. The van der Waals surface area contributed by atoms with Crippen LogP contribution in [0, 0.1) is 0 Å². The summed E-state index contributed by atoms with van der Waals surface area (Å²) in [5, 5.41) is 15.5. The molecule has 2 aliphatic rings. The number of rotatable bonds is 3. The largest absolute Gasteiger partial charge is 0.464 e. The number of aliphatic hydroxyl groups excluding tert-OH is 1. The zero-order valence-electron chi connectivity index (χ0n) is 13.8. The van der Waals surface area contributed by atoms with Crippen LogP contribution >= 0.6 is 0 Å². The van der Waals surface area contributed by atoms with Gasteiger partial charge in [0.25, 0.3) is 0 Å². The Bertz CT molecular complexity index is 1180. The molecule has 25 heavy (non-hydrogen) atoms. The van der Waals surface area contributed by atoms with E-state index in [0.29, 0.717) is 0 Å². The molecule has 1 N–H and O–H groups in total. The maximum Gasteiger partial charge on any atom is 0.134 e. The third kappa shape index (κ3) is 2.15. The summed E-state index contributed by atoms with van der Waals surface area (Å²) in [6, 6.07) is 21.2. The van der Waals surface area contributed by atoms with Crippen molar-refractivity contribution in [2.24, 2.45) is 0 Å². The fourth-order valence-electron chi connectivity index (χ4n) is 3.99. The van der Waals surface area contributed by atoms with Crippen molar-refractivity contribution in [3.8, 4) is 11.1 Å². The van der Waals surface area contributed by atoms with Gasteiger partial charge in [-0.2, -0.15) is 0 Å². The summed E-state index contributed by atoms with van der Waals surface area (Å²) in [4.78, 5) is 0. The first-order valence-electron chi connectivity index (χ1n) is 8.71. The van der Waals surface area contributed by atoms with E-state index in [1.54, 1.807) is 0 Å². The number of para-hydroxylation sites is 1. The molecule has 0 bridgehead atoms.